The van der Waals surface area contributed by atoms with Crippen LogP contribution in [-0.2, 0) is 26.6 Å². The molecule has 0 saturated carbocycles. The minimum absolute atomic E-state index is 0.903. The highest BCUT2D eigenvalue weighted by Gasteiger charge is 2.12. The molecule has 0 bridgehead atoms. The van der Waals surface area contributed by atoms with E-state index >= 15 is 0 Å². The third-order valence-corrected chi connectivity index (χ3v) is 12.8. The van der Waals surface area contributed by atoms with E-state index < -0.39 is 27.9 Å². The fraction of sp³-hybridized carbons (Fsp3) is 1.00. The molecule has 0 aromatic rings. The van der Waals surface area contributed by atoms with E-state index in [1.807, 2.05) is 0 Å². The van der Waals surface area contributed by atoms with Crippen molar-refractivity contribution in [3.63, 3.8) is 0 Å². The molecule has 206 valence electrons. The molecule has 0 aliphatic rings. The quantitative estimate of drug-likeness (QED) is 0.0945. The van der Waals surface area contributed by atoms with Crippen LogP contribution in [0.4, 0.5) is 0 Å². The molecule has 9 heteroatoms. The van der Waals surface area contributed by atoms with Crippen LogP contribution < -0.4 is 0 Å². The molecule has 0 spiro atoms. The van der Waals surface area contributed by atoms with Gasteiger partial charge in [0.1, 0.15) is 0 Å². The van der Waals surface area contributed by atoms with Crippen molar-refractivity contribution >= 4 is 27.9 Å². The maximum absolute atomic E-state index is 5.43. The van der Waals surface area contributed by atoms with Crippen LogP contribution in [0, 0.1) is 5.92 Å². The van der Waals surface area contributed by atoms with Gasteiger partial charge in [-0.2, -0.15) is 0 Å². The molecule has 0 radical (unpaired) electrons. The van der Waals surface area contributed by atoms with E-state index in [9.17, 15) is 0 Å². The third-order valence-electron chi connectivity index (χ3n) is 6.98. The van der Waals surface area contributed by atoms with Gasteiger partial charge in [0.2, 0.25) is 0 Å². The summed E-state index contributed by atoms with van der Waals surface area (Å²) in [6.07, 6.45) is 20.1. The molecule has 0 unspecified atom stereocenters. The largest absolute Gasteiger partial charge is 0.400 e. The molecule has 0 atom stereocenters. The third kappa shape index (κ3) is 20.6. The molecule has 34 heavy (non-hydrogen) atoms. The maximum Gasteiger partial charge on any atom is 0.320 e. The van der Waals surface area contributed by atoms with Gasteiger partial charge >= 0.3 is 27.9 Å². The summed E-state index contributed by atoms with van der Waals surface area (Å²) in [7, 11) is 6.64. The number of unbranched alkanes of at least 4 members (excludes halogenated alkanes) is 9. The van der Waals surface area contributed by atoms with E-state index in [1.165, 1.54) is 96.3 Å². The van der Waals surface area contributed by atoms with Gasteiger partial charge in [-0.3, -0.25) is 0 Å². The smallest absolute Gasteiger partial charge is 0.320 e. The predicted molar refractivity (Wildman–Crippen MR) is 151 cm³/mol. The fourth-order valence-corrected chi connectivity index (χ4v) is 8.58. The van der Waals surface area contributed by atoms with Crippen LogP contribution in [0.3, 0.4) is 0 Å². The van der Waals surface area contributed by atoms with Gasteiger partial charge in [0.15, 0.2) is 0 Å². The summed E-state index contributed by atoms with van der Waals surface area (Å²) < 4.78 is 32.6. The summed E-state index contributed by atoms with van der Waals surface area (Å²) in [5.74, 6) is 0.903. The van der Waals surface area contributed by atoms with Crippen LogP contribution in [-0.4, -0.2) is 70.5 Å². The van der Waals surface area contributed by atoms with Crippen molar-refractivity contribution in [2.75, 3.05) is 42.7 Å². The second-order valence-electron chi connectivity index (χ2n) is 9.54. The first kappa shape index (κ1) is 34.4. The van der Waals surface area contributed by atoms with Gasteiger partial charge in [0.05, 0.1) is 0 Å². The second-order valence-corrected chi connectivity index (χ2v) is 16.7. The summed E-state index contributed by atoms with van der Waals surface area (Å²) >= 11 is 0. The summed E-state index contributed by atoms with van der Waals surface area (Å²) in [6.45, 7) is 0. The monoisotopic (exact) mass is 538 g/mol. The summed E-state index contributed by atoms with van der Waals surface area (Å²) in [5.41, 5.74) is 0. The Morgan fingerprint density at radius 1 is 0.353 bits per heavy atom. The lowest BCUT2D eigenvalue weighted by Gasteiger charge is -2.17. The molecule has 0 aromatic heterocycles. The first-order chi connectivity index (χ1) is 16.6. The lowest BCUT2D eigenvalue weighted by Crippen LogP contribution is -2.18. The lowest BCUT2D eigenvalue weighted by atomic mass is 9.90. The zero-order valence-corrected chi connectivity index (χ0v) is 27.0. The number of rotatable bonds is 27. The Kier molecular flexibility index (Phi) is 26.8. The first-order valence-electron chi connectivity index (χ1n) is 13.8. The Hall–Kier alpha value is 0.411. The molecule has 0 aromatic carbocycles. The maximum atomic E-state index is 5.43. The number of hydrogen-bond acceptors (Lipinski definition) is 6. The minimum atomic E-state index is -1.36. The van der Waals surface area contributed by atoms with Crippen molar-refractivity contribution in [3.05, 3.63) is 0 Å². The molecule has 0 rings (SSSR count). The van der Waals surface area contributed by atoms with Crippen LogP contribution in [0.2, 0.25) is 18.1 Å². The molecule has 0 aliphatic heterocycles. The van der Waals surface area contributed by atoms with Crippen molar-refractivity contribution in [1.82, 2.24) is 0 Å². The molecule has 0 saturated heterocycles. The van der Waals surface area contributed by atoms with Gasteiger partial charge in [-0.05, 0) is 24.1 Å². The highest BCUT2D eigenvalue weighted by molar-refractivity contribution is 6.44. The van der Waals surface area contributed by atoms with Gasteiger partial charge in [0.25, 0.3) is 0 Å². The Morgan fingerprint density at radius 3 is 0.824 bits per heavy atom. The van der Waals surface area contributed by atoms with Gasteiger partial charge in [-0.1, -0.05) is 96.3 Å². The van der Waals surface area contributed by atoms with E-state index in [0.29, 0.717) is 0 Å². The Balaban J connectivity index is 4.10. The van der Waals surface area contributed by atoms with Crippen LogP contribution in [0.1, 0.15) is 96.3 Å². The van der Waals surface area contributed by atoms with E-state index in [1.54, 1.807) is 42.7 Å². The lowest BCUT2D eigenvalue weighted by molar-refractivity contribution is 0.276. The van der Waals surface area contributed by atoms with E-state index in [2.05, 4.69) is 0 Å². The topological polar surface area (TPSA) is 55.4 Å². The highest BCUT2D eigenvalue weighted by atomic mass is 28.3. The number of hydrogen-bond donors (Lipinski definition) is 0. The molecular formula is C25H58O6Si3. The molecule has 0 heterocycles. The van der Waals surface area contributed by atoms with Gasteiger partial charge < -0.3 is 26.6 Å². The average Bonchev–Trinajstić information content (AvgIpc) is 2.87. The standard InChI is InChI=1S/C25H58O6Si3/c1-26-32(27-2)22-16-10-7-13-19-25(20-14-8-11-17-23-33(28-3)29-4)21-15-9-12-18-24-34(30-5)31-6/h25,32-34H,7-24H2,1-6H3. The normalized spacial score (nSPS) is 12.2. The molecule has 0 amide bonds. The van der Waals surface area contributed by atoms with Crippen molar-refractivity contribution in [3.8, 4) is 0 Å². The Labute approximate surface area is 217 Å². The second kappa shape index (κ2) is 26.5. The van der Waals surface area contributed by atoms with E-state index in [0.717, 1.165) is 24.1 Å². The molecular weight excluding hydrogens is 481 g/mol. The zero-order valence-electron chi connectivity index (χ0n) is 23.5. The summed E-state index contributed by atoms with van der Waals surface area (Å²) in [4.78, 5) is 0. The summed E-state index contributed by atoms with van der Waals surface area (Å²) in [6, 6.07) is 3.42. The van der Waals surface area contributed by atoms with Gasteiger partial charge in [0, 0.05) is 42.7 Å². The molecule has 0 aliphatic carbocycles. The zero-order chi connectivity index (χ0) is 25.3. The molecule has 6 nitrogen and oxygen atoms in total. The predicted octanol–water partition coefficient (Wildman–Crippen LogP) is 5.99. The van der Waals surface area contributed by atoms with Crippen molar-refractivity contribution in [1.29, 1.82) is 0 Å². The first-order valence-corrected chi connectivity index (χ1v) is 19.1. The van der Waals surface area contributed by atoms with Crippen LogP contribution in [0.5, 0.6) is 0 Å². The molecule has 0 N–H and O–H groups in total. The Morgan fingerprint density at radius 2 is 0.588 bits per heavy atom. The van der Waals surface area contributed by atoms with Crippen molar-refractivity contribution in [2.45, 2.75) is 114 Å². The average molecular weight is 539 g/mol. The fourth-order valence-electron chi connectivity index (χ4n) is 4.72. The van der Waals surface area contributed by atoms with Crippen LogP contribution >= 0.6 is 0 Å². The van der Waals surface area contributed by atoms with Crippen molar-refractivity contribution in [2.24, 2.45) is 5.92 Å². The van der Waals surface area contributed by atoms with E-state index in [4.69, 9.17) is 26.6 Å². The molecule has 0 fully saturated rings. The Bertz CT molecular complexity index is 340. The van der Waals surface area contributed by atoms with Crippen LogP contribution in [0.15, 0.2) is 0 Å². The summed E-state index contributed by atoms with van der Waals surface area (Å²) in [5, 5.41) is 0. The van der Waals surface area contributed by atoms with Crippen LogP contribution in [0.25, 0.3) is 0 Å². The minimum Gasteiger partial charge on any atom is -0.400 e. The highest BCUT2D eigenvalue weighted by Crippen LogP contribution is 2.25. The van der Waals surface area contributed by atoms with E-state index in [-0.39, 0.29) is 0 Å². The SMILES string of the molecule is CO[SiH](CCCCCCC(CCCCCC[SiH](OC)OC)CCCCCC[SiH](OC)OC)OC. The van der Waals surface area contributed by atoms with Crippen molar-refractivity contribution < 1.29 is 26.6 Å². The van der Waals surface area contributed by atoms with Gasteiger partial charge in [-0.25, -0.2) is 0 Å². The van der Waals surface area contributed by atoms with Gasteiger partial charge in [-0.15, -0.1) is 0 Å².